The average Bonchev–Trinajstić information content (AvgIpc) is 2.84. The van der Waals surface area contributed by atoms with Crippen LogP contribution in [-0.4, -0.2) is 11.5 Å². The van der Waals surface area contributed by atoms with Crippen molar-refractivity contribution < 1.29 is 9.90 Å². The average molecular weight is 477 g/mol. The van der Waals surface area contributed by atoms with E-state index >= 15 is 0 Å². The van der Waals surface area contributed by atoms with E-state index in [4.69, 9.17) is 10.5 Å². The van der Waals surface area contributed by atoms with Gasteiger partial charge in [-0.25, -0.2) is 0 Å². The summed E-state index contributed by atoms with van der Waals surface area (Å²) in [5.41, 5.74) is 16.3. The molecule has 0 aromatic heterocycles. The van der Waals surface area contributed by atoms with E-state index in [1.165, 1.54) is 34.0 Å². The zero-order chi connectivity index (χ0) is 26.4. The fourth-order valence-electron chi connectivity index (χ4n) is 4.06. The van der Waals surface area contributed by atoms with Crippen LogP contribution in [0.4, 0.5) is 0 Å². The van der Waals surface area contributed by atoms with Gasteiger partial charge in [-0.2, -0.15) is 0 Å². The van der Waals surface area contributed by atoms with Crippen LogP contribution in [0.15, 0.2) is 84.3 Å². The van der Waals surface area contributed by atoms with E-state index in [1.807, 2.05) is 6.92 Å². The number of aliphatic hydroxyl groups is 1. The van der Waals surface area contributed by atoms with Crippen LogP contribution < -0.4 is 11.5 Å². The molecule has 0 bridgehead atoms. The van der Waals surface area contributed by atoms with Crippen LogP contribution in [0.5, 0.6) is 0 Å². The predicted octanol–water partition coefficient (Wildman–Crippen LogP) is 7.17. The molecular formula is C31H44N2O2. The Kier molecular flexibility index (Phi) is 12.6. The molecule has 1 amide bonds. The third-order valence-electron chi connectivity index (χ3n) is 6.58. The van der Waals surface area contributed by atoms with E-state index in [1.54, 1.807) is 0 Å². The standard InChI is InChI=1S/C30H41NO.CH3NO/c1-7-24(20-30(5,6)23(4)29(32)21-31)15-18-28(22(2)3)27-16-13-26(14-17-27)19-25-11-9-8-10-12-25;2-1-3/h8-18,21-23,32H,7,19-20,31H2,1-6H3;1H,(H2,2,3)/b24-15+,28-18+,29-21+;. The van der Waals surface area contributed by atoms with Gasteiger partial charge < -0.3 is 16.6 Å². The molecule has 2 aromatic carbocycles. The third-order valence-corrected chi connectivity index (χ3v) is 6.58. The summed E-state index contributed by atoms with van der Waals surface area (Å²) in [4.78, 5) is 8.58. The van der Waals surface area contributed by atoms with Crippen LogP contribution in [0.25, 0.3) is 5.57 Å². The van der Waals surface area contributed by atoms with E-state index in [-0.39, 0.29) is 23.5 Å². The lowest BCUT2D eigenvalue weighted by molar-refractivity contribution is -0.106. The van der Waals surface area contributed by atoms with E-state index < -0.39 is 0 Å². The minimum absolute atomic E-state index is 0.00755. The molecule has 35 heavy (non-hydrogen) atoms. The Bertz CT molecular complexity index is 984. The van der Waals surface area contributed by atoms with Crippen molar-refractivity contribution in [3.05, 3.63) is 101 Å². The first-order chi connectivity index (χ1) is 16.6. The topological polar surface area (TPSA) is 89.3 Å². The summed E-state index contributed by atoms with van der Waals surface area (Å²) in [6.07, 6.45) is 9.00. The molecule has 190 valence electrons. The summed E-state index contributed by atoms with van der Waals surface area (Å²) in [6.45, 7) is 13.1. The van der Waals surface area contributed by atoms with Gasteiger partial charge in [0.1, 0.15) is 5.76 Å². The van der Waals surface area contributed by atoms with Crippen molar-refractivity contribution in [3.63, 3.8) is 0 Å². The summed E-state index contributed by atoms with van der Waals surface area (Å²) in [6, 6.07) is 19.6. The highest BCUT2D eigenvalue weighted by Gasteiger charge is 2.29. The van der Waals surface area contributed by atoms with E-state index in [0.29, 0.717) is 5.92 Å². The molecule has 0 saturated heterocycles. The lowest BCUT2D eigenvalue weighted by Crippen LogP contribution is -2.24. The Morgan fingerprint density at radius 3 is 1.97 bits per heavy atom. The number of allylic oxidation sites excluding steroid dienone is 5. The number of hydrogen-bond acceptors (Lipinski definition) is 3. The Hall–Kier alpha value is -3.27. The quantitative estimate of drug-likeness (QED) is 0.193. The number of carbonyl (C=O) groups excluding carboxylic acids is 1. The maximum absolute atomic E-state index is 10.1. The number of aliphatic hydroxyl groups excluding tert-OH is 1. The second-order valence-electron chi connectivity index (χ2n) is 9.93. The Labute approximate surface area is 212 Å². The number of amides is 1. The first kappa shape index (κ1) is 29.8. The first-order valence-electron chi connectivity index (χ1n) is 12.4. The van der Waals surface area contributed by atoms with Crippen LogP contribution in [0.2, 0.25) is 0 Å². The second kappa shape index (κ2) is 14.9. The molecule has 0 heterocycles. The number of rotatable bonds is 10. The summed E-state index contributed by atoms with van der Waals surface area (Å²) >= 11 is 0. The zero-order valence-electron chi connectivity index (χ0n) is 22.3. The smallest absolute Gasteiger partial charge is 0.204 e. The van der Waals surface area contributed by atoms with Gasteiger partial charge in [-0.05, 0) is 52.9 Å². The lowest BCUT2D eigenvalue weighted by Gasteiger charge is -2.32. The second-order valence-corrected chi connectivity index (χ2v) is 9.93. The van der Waals surface area contributed by atoms with Gasteiger partial charge in [-0.15, -0.1) is 0 Å². The Morgan fingerprint density at radius 1 is 0.943 bits per heavy atom. The minimum atomic E-state index is -0.0767. The van der Waals surface area contributed by atoms with Crippen molar-refractivity contribution in [2.75, 3.05) is 0 Å². The van der Waals surface area contributed by atoms with E-state index in [9.17, 15) is 5.11 Å². The van der Waals surface area contributed by atoms with Crippen molar-refractivity contribution in [3.8, 4) is 0 Å². The van der Waals surface area contributed by atoms with Gasteiger partial charge in [0, 0.05) is 12.1 Å². The highest BCUT2D eigenvalue weighted by Crippen LogP contribution is 2.38. The van der Waals surface area contributed by atoms with E-state index in [0.717, 1.165) is 19.3 Å². The summed E-state index contributed by atoms with van der Waals surface area (Å²) < 4.78 is 0. The number of carbonyl (C=O) groups is 1. The van der Waals surface area contributed by atoms with Crippen LogP contribution in [0, 0.1) is 17.3 Å². The molecule has 0 saturated carbocycles. The summed E-state index contributed by atoms with van der Waals surface area (Å²) in [5, 5.41) is 10.1. The monoisotopic (exact) mass is 476 g/mol. The van der Waals surface area contributed by atoms with Crippen LogP contribution >= 0.6 is 0 Å². The van der Waals surface area contributed by atoms with Gasteiger partial charge >= 0.3 is 0 Å². The fourth-order valence-corrected chi connectivity index (χ4v) is 4.06. The van der Waals surface area contributed by atoms with Crippen molar-refractivity contribution >= 4 is 12.0 Å². The summed E-state index contributed by atoms with van der Waals surface area (Å²) in [5.74, 6) is 0.702. The molecule has 0 aliphatic carbocycles. The van der Waals surface area contributed by atoms with Crippen LogP contribution in [-0.2, 0) is 11.2 Å². The van der Waals surface area contributed by atoms with Crippen LogP contribution in [0.1, 0.15) is 71.1 Å². The maximum atomic E-state index is 10.1. The molecule has 0 spiro atoms. The number of hydrogen-bond donors (Lipinski definition) is 3. The van der Waals surface area contributed by atoms with E-state index in [2.05, 4.69) is 107 Å². The molecule has 0 aliphatic heterocycles. The minimum Gasteiger partial charge on any atom is -0.511 e. The number of nitrogens with two attached hydrogens (primary N) is 2. The van der Waals surface area contributed by atoms with Gasteiger partial charge in [-0.1, -0.05) is 114 Å². The third kappa shape index (κ3) is 9.86. The Morgan fingerprint density at radius 2 is 1.49 bits per heavy atom. The highest BCUT2D eigenvalue weighted by molar-refractivity contribution is 5.68. The number of primary amides is 1. The molecule has 0 fully saturated rings. The molecule has 1 unspecified atom stereocenters. The summed E-state index contributed by atoms with van der Waals surface area (Å²) in [7, 11) is 0. The lowest BCUT2D eigenvalue weighted by atomic mass is 9.74. The SMILES string of the molecule is CC/C(=C\C=C(\c1ccc(Cc2ccccc2)cc1)C(C)C)CC(C)(C)C(C)/C(O)=C\N.NC=O. The number of benzene rings is 2. The van der Waals surface area contributed by atoms with Crippen molar-refractivity contribution in [1.29, 1.82) is 0 Å². The van der Waals surface area contributed by atoms with Crippen molar-refractivity contribution in [2.45, 2.75) is 60.8 Å². The van der Waals surface area contributed by atoms with Gasteiger partial charge in [0.15, 0.2) is 0 Å². The van der Waals surface area contributed by atoms with Gasteiger partial charge in [0.05, 0.1) is 0 Å². The van der Waals surface area contributed by atoms with Gasteiger partial charge in [-0.3, -0.25) is 4.79 Å². The molecule has 0 aliphatic rings. The van der Waals surface area contributed by atoms with Crippen molar-refractivity contribution in [1.82, 2.24) is 0 Å². The molecule has 0 radical (unpaired) electrons. The molecular weight excluding hydrogens is 432 g/mol. The molecule has 2 rings (SSSR count). The molecule has 5 N–H and O–H groups in total. The predicted molar refractivity (Wildman–Crippen MR) is 150 cm³/mol. The molecule has 1 atom stereocenters. The zero-order valence-corrected chi connectivity index (χ0v) is 22.3. The van der Waals surface area contributed by atoms with Crippen molar-refractivity contribution in [2.24, 2.45) is 28.7 Å². The largest absolute Gasteiger partial charge is 0.511 e. The highest BCUT2D eigenvalue weighted by atomic mass is 16.3. The van der Waals surface area contributed by atoms with Gasteiger partial charge in [0.25, 0.3) is 0 Å². The molecule has 4 nitrogen and oxygen atoms in total. The van der Waals surface area contributed by atoms with Crippen LogP contribution in [0.3, 0.4) is 0 Å². The molecule has 2 aromatic rings. The van der Waals surface area contributed by atoms with Gasteiger partial charge in [0.2, 0.25) is 6.41 Å². The fraction of sp³-hybridized carbons (Fsp3) is 0.387. The molecule has 4 heteroatoms. The maximum Gasteiger partial charge on any atom is 0.204 e. The normalized spacial score (nSPS) is 13.7. The first-order valence-corrected chi connectivity index (χ1v) is 12.4. The Balaban J connectivity index is 0.00000194.